The van der Waals surface area contributed by atoms with E-state index in [0.717, 1.165) is 38.4 Å². The average Bonchev–Trinajstić information content (AvgIpc) is 2.75. The number of carboxylic acids is 1. The summed E-state index contributed by atoms with van der Waals surface area (Å²) >= 11 is 0. The summed E-state index contributed by atoms with van der Waals surface area (Å²) in [5.74, 6) is 1.19. The molecule has 1 saturated heterocycles. The van der Waals surface area contributed by atoms with Crippen molar-refractivity contribution in [2.75, 3.05) is 42.9 Å². The molecule has 29 heavy (non-hydrogen) atoms. The van der Waals surface area contributed by atoms with Gasteiger partial charge in [-0.25, -0.2) is 9.97 Å². The zero-order valence-corrected chi connectivity index (χ0v) is 17.2. The first kappa shape index (κ1) is 21.0. The summed E-state index contributed by atoms with van der Waals surface area (Å²) in [4.78, 5) is 29.4. The zero-order chi connectivity index (χ0) is 20.6. The lowest BCUT2D eigenvalue weighted by Crippen LogP contribution is -2.48. The van der Waals surface area contributed by atoms with Gasteiger partial charge < -0.3 is 15.3 Å². The van der Waals surface area contributed by atoms with Crippen molar-refractivity contribution >= 4 is 17.6 Å². The van der Waals surface area contributed by atoms with Crippen LogP contribution in [-0.2, 0) is 4.79 Å². The minimum atomic E-state index is -0.838. The van der Waals surface area contributed by atoms with Crippen LogP contribution in [0.3, 0.4) is 0 Å². The summed E-state index contributed by atoms with van der Waals surface area (Å²) < 4.78 is 0. The first-order chi connectivity index (χ1) is 14.1. The minimum absolute atomic E-state index is 0.0337. The van der Waals surface area contributed by atoms with Crippen molar-refractivity contribution in [1.29, 1.82) is 0 Å². The molecule has 3 rings (SSSR count). The Labute approximate surface area is 172 Å². The van der Waals surface area contributed by atoms with Crippen LogP contribution in [-0.4, -0.2) is 69.7 Å². The van der Waals surface area contributed by atoms with Gasteiger partial charge in [0.25, 0.3) is 0 Å². The van der Waals surface area contributed by atoms with Gasteiger partial charge in [-0.3, -0.25) is 14.7 Å². The molecule has 156 valence electrons. The molecule has 8 nitrogen and oxygen atoms in total. The van der Waals surface area contributed by atoms with Gasteiger partial charge in [-0.2, -0.15) is 0 Å². The van der Waals surface area contributed by atoms with Gasteiger partial charge in [-0.15, -0.1) is 0 Å². The number of piperidine rings is 1. The SMILES string of the molecule is CCN(CC)C1CCCN(c2cc(NCCC(=O)O)nc(-c3ccccn3)n2)C1. The van der Waals surface area contributed by atoms with Gasteiger partial charge in [0, 0.05) is 37.9 Å². The van der Waals surface area contributed by atoms with E-state index in [1.54, 1.807) is 6.20 Å². The highest BCUT2D eigenvalue weighted by Gasteiger charge is 2.25. The summed E-state index contributed by atoms with van der Waals surface area (Å²) in [6.45, 7) is 8.68. The van der Waals surface area contributed by atoms with Crippen molar-refractivity contribution in [2.24, 2.45) is 0 Å². The van der Waals surface area contributed by atoms with E-state index in [1.165, 1.54) is 6.42 Å². The Hall–Kier alpha value is -2.74. The van der Waals surface area contributed by atoms with Crippen LogP contribution >= 0.6 is 0 Å². The molecule has 2 aromatic heterocycles. The monoisotopic (exact) mass is 398 g/mol. The lowest BCUT2D eigenvalue weighted by Gasteiger charge is -2.39. The van der Waals surface area contributed by atoms with Gasteiger partial charge >= 0.3 is 5.97 Å². The lowest BCUT2D eigenvalue weighted by atomic mass is 10.0. The normalized spacial score (nSPS) is 16.8. The first-order valence-corrected chi connectivity index (χ1v) is 10.4. The van der Waals surface area contributed by atoms with E-state index >= 15 is 0 Å². The topological polar surface area (TPSA) is 94.5 Å². The standard InChI is InChI=1S/C21H30N6O2/c1-3-26(4-2)16-8-7-13-27(15-16)19-14-18(23-12-10-20(28)29)24-21(25-19)17-9-5-6-11-22-17/h5-6,9,11,14,16H,3-4,7-8,10,12-13,15H2,1-2H3,(H,28,29)(H,23,24,25). The van der Waals surface area contributed by atoms with Crippen LogP contribution in [0.2, 0.25) is 0 Å². The average molecular weight is 399 g/mol. The maximum Gasteiger partial charge on any atom is 0.305 e. The molecule has 2 N–H and O–H groups in total. The number of aromatic nitrogens is 3. The van der Waals surface area contributed by atoms with Crippen LogP contribution in [0.15, 0.2) is 30.5 Å². The lowest BCUT2D eigenvalue weighted by molar-refractivity contribution is -0.136. The van der Waals surface area contributed by atoms with E-state index < -0.39 is 5.97 Å². The van der Waals surface area contributed by atoms with E-state index in [-0.39, 0.29) is 6.42 Å². The molecular weight excluding hydrogens is 368 g/mol. The third-order valence-corrected chi connectivity index (χ3v) is 5.30. The first-order valence-electron chi connectivity index (χ1n) is 10.4. The maximum atomic E-state index is 10.9. The number of carbonyl (C=O) groups is 1. The smallest absolute Gasteiger partial charge is 0.305 e. The number of hydrogen-bond donors (Lipinski definition) is 2. The molecule has 0 bridgehead atoms. The summed E-state index contributed by atoms with van der Waals surface area (Å²) in [5, 5.41) is 12.0. The minimum Gasteiger partial charge on any atom is -0.481 e. The number of pyridine rings is 1. The maximum absolute atomic E-state index is 10.9. The van der Waals surface area contributed by atoms with Crippen LogP contribution in [0.1, 0.15) is 33.1 Å². The second kappa shape index (κ2) is 10.2. The van der Waals surface area contributed by atoms with Gasteiger partial charge in [-0.05, 0) is 38.1 Å². The molecule has 0 amide bonds. The molecule has 1 atom stereocenters. The molecule has 1 aliphatic heterocycles. The van der Waals surface area contributed by atoms with Crippen molar-refractivity contribution in [2.45, 2.75) is 39.2 Å². The molecule has 1 fully saturated rings. The Morgan fingerprint density at radius 2 is 2.14 bits per heavy atom. The second-order valence-electron chi connectivity index (χ2n) is 7.18. The molecule has 0 aliphatic carbocycles. The van der Waals surface area contributed by atoms with E-state index in [0.29, 0.717) is 29.9 Å². The Morgan fingerprint density at radius 3 is 2.83 bits per heavy atom. The van der Waals surface area contributed by atoms with Gasteiger partial charge in [-0.1, -0.05) is 19.9 Å². The van der Waals surface area contributed by atoms with Crippen molar-refractivity contribution < 1.29 is 9.90 Å². The number of nitrogens with zero attached hydrogens (tertiary/aromatic N) is 5. The van der Waals surface area contributed by atoms with Crippen molar-refractivity contribution in [3.8, 4) is 11.5 Å². The van der Waals surface area contributed by atoms with Crippen LogP contribution in [0, 0.1) is 0 Å². The largest absolute Gasteiger partial charge is 0.481 e. The summed E-state index contributed by atoms with van der Waals surface area (Å²) in [7, 11) is 0. The highest BCUT2D eigenvalue weighted by atomic mass is 16.4. The van der Waals surface area contributed by atoms with E-state index in [1.807, 2.05) is 24.3 Å². The van der Waals surface area contributed by atoms with Gasteiger partial charge in [0.05, 0.1) is 6.42 Å². The molecule has 0 spiro atoms. The predicted molar refractivity (Wildman–Crippen MR) is 114 cm³/mol. The van der Waals surface area contributed by atoms with E-state index in [9.17, 15) is 4.79 Å². The molecule has 0 saturated carbocycles. The van der Waals surface area contributed by atoms with E-state index in [2.05, 4.69) is 38.9 Å². The van der Waals surface area contributed by atoms with Crippen molar-refractivity contribution in [1.82, 2.24) is 19.9 Å². The second-order valence-corrected chi connectivity index (χ2v) is 7.18. The van der Waals surface area contributed by atoms with Crippen LogP contribution < -0.4 is 10.2 Å². The number of nitrogens with one attached hydrogen (secondary N) is 1. The molecule has 1 aliphatic rings. The third kappa shape index (κ3) is 5.63. The van der Waals surface area contributed by atoms with Gasteiger partial charge in [0.15, 0.2) is 5.82 Å². The quantitative estimate of drug-likeness (QED) is 0.666. The molecule has 2 aromatic rings. The van der Waals surface area contributed by atoms with Gasteiger partial charge in [0.1, 0.15) is 17.3 Å². The number of likely N-dealkylation sites (N-methyl/N-ethyl adjacent to an activating group) is 1. The Morgan fingerprint density at radius 1 is 1.31 bits per heavy atom. The van der Waals surface area contributed by atoms with Gasteiger partial charge in [0.2, 0.25) is 0 Å². The van der Waals surface area contributed by atoms with Crippen molar-refractivity contribution in [3.63, 3.8) is 0 Å². The Kier molecular flexibility index (Phi) is 7.35. The molecule has 1 unspecified atom stereocenters. The summed E-state index contributed by atoms with van der Waals surface area (Å²) in [5.41, 5.74) is 0.702. The molecule has 0 radical (unpaired) electrons. The Bertz CT molecular complexity index is 797. The number of hydrogen-bond acceptors (Lipinski definition) is 7. The van der Waals surface area contributed by atoms with Crippen molar-refractivity contribution in [3.05, 3.63) is 30.5 Å². The van der Waals surface area contributed by atoms with Crippen LogP contribution in [0.5, 0.6) is 0 Å². The van der Waals surface area contributed by atoms with Crippen LogP contribution in [0.4, 0.5) is 11.6 Å². The fourth-order valence-corrected chi connectivity index (χ4v) is 3.79. The Balaban J connectivity index is 1.87. The highest BCUT2D eigenvalue weighted by molar-refractivity contribution is 5.67. The summed E-state index contributed by atoms with van der Waals surface area (Å²) in [6.07, 6.45) is 4.07. The highest BCUT2D eigenvalue weighted by Crippen LogP contribution is 2.25. The molecule has 3 heterocycles. The van der Waals surface area contributed by atoms with E-state index in [4.69, 9.17) is 10.1 Å². The number of carboxylic acid groups (broad SMARTS) is 1. The third-order valence-electron chi connectivity index (χ3n) is 5.30. The zero-order valence-electron chi connectivity index (χ0n) is 17.2. The fourth-order valence-electron chi connectivity index (χ4n) is 3.79. The summed E-state index contributed by atoms with van der Waals surface area (Å²) in [6, 6.07) is 8.08. The fraction of sp³-hybridized carbons (Fsp3) is 0.524. The van der Waals surface area contributed by atoms with Crippen LogP contribution in [0.25, 0.3) is 11.5 Å². The number of anilines is 2. The molecule has 8 heteroatoms. The number of aliphatic carboxylic acids is 1. The predicted octanol–water partition coefficient (Wildman–Crippen LogP) is 2.74. The molecular formula is C21H30N6O2. The molecule has 0 aromatic carbocycles. The number of rotatable bonds is 9.